The highest BCUT2D eigenvalue weighted by atomic mass is 31.2. The van der Waals surface area contributed by atoms with Crippen molar-refractivity contribution in [3.8, 4) is 0 Å². The Kier molecular flexibility index (Phi) is 4.02. The quantitative estimate of drug-likeness (QED) is 0.470. The van der Waals surface area contributed by atoms with Gasteiger partial charge >= 0.3 is 19.5 Å². The van der Waals surface area contributed by atoms with Crippen LogP contribution in [0.5, 0.6) is 0 Å². The summed E-state index contributed by atoms with van der Waals surface area (Å²) in [6, 6.07) is 0. The lowest BCUT2D eigenvalue weighted by Gasteiger charge is -2.07. The van der Waals surface area contributed by atoms with E-state index in [9.17, 15) is 14.2 Å². The summed E-state index contributed by atoms with van der Waals surface area (Å²) in [5.41, 5.74) is 5.31. The molecule has 0 saturated heterocycles. The Balaban J connectivity index is 2.36. The molecule has 12 nitrogen and oxygen atoms in total. The van der Waals surface area contributed by atoms with Crippen molar-refractivity contribution in [2.24, 2.45) is 7.05 Å². The topological polar surface area (TPSA) is 172 Å². The van der Waals surface area contributed by atoms with Gasteiger partial charge in [-0.15, -0.1) is 9.78 Å². The van der Waals surface area contributed by atoms with Crippen LogP contribution in [0.1, 0.15) is 5.69 Å². The molecule has 0 aliphatic rings. The first kappa shape index (κ1) is 16.1. The van der Waals surface area contributed by atoms with Crippen LogP contribution in [-0.2, 0) is 20.9 Å². The molecule has 0 radical (unpaired) electrons. The van der Waals surface area contributed by atoms with Crippen molar-refractivity contribution < 1.29 is 28.4 Å². The van der Waals surface area contributed by atoms with E-state index in [2.05, 4.69) is 19.5 Å². The van der Waals surface area contributed by atoms with E-state index in [1.54, 1.807) is 14.0 Å². The first-order chi connectivity index (χ1) is 10.1. The SMILES string of the molecule is Cc1c2c(N)nn(C(=O)OCOP(=O)(O)O)c(=O)c2nn1C. The summed E-state index contributed by atoms with van der Waals surface area (Å²) >= 11 is 0. The first-order valence-electron chi connectivity index (χ1n) is 5.71. The van der Waals surface area contributed by atoms with Gasteiger partial charge in [0.05, 0.1) is 5.39 Å². The fraction of sp³-hybridized carbons (Fsp3) is 0.333. The third-order valence-electron chi connectivity index (χ3n) is 2.77. The molecule has 13 heteroatoms. The number of hydrogen-bond donors (Lipinski definition) is 3. The summed E-state index contributed by atoms with van der Waals surface area (Å²) in [7, 11) is -3.21. The fourth-order valence-corrected chi connectivity index (χ4v) is 1.89. The summed E-state index contributed by atoms with van der Waals surface area (Å²) in [6.07, 6.45) is -1.31. The Hall–Kier alpha value is -2.27. The van der Waals surface area contributed by atoms with Crippen LogP contribution in [-0.4, -0.2) is 42.2 Å². The second-order valence-electron chi connectivity index (χ2n) is 4.18. The molecule has 0 unspecified atom stereocenters. The summed E-state index contributed by atoms with van der Waals surface area (Å²) in [5.74, 6) is -0.118. The second-order valence-corrected chi connectivity index (χ2v) is 5.42. The molecule has 4 N–H and O–H groups in total. The Labute approximate surface area is 122 Å². The normalized spacial score (nSPS) is 11.8. The molecule has 0 aliphatic heterocycles. The molecule has 0 amide bonds. The predicted molar refractivity (Wildman–Crippen MR) is 71.8 cm³/mol. The van der Waals surface area contributed by atoms with Crippen LogP contribution < -0.4 is 11.3 Å². The molecule has 120 valence electrons. The molecule has 0 aliphatic carbocycles. The Morgan fingerprint density at radius 3 is 2.64 bits per heavy atom. The molecule has 0 atom stereocenters. The lowest BCUT2D eigenvalue weighted by Crippen LogP contribution is -2.31. The molecule has 2 heterocycles. The summed E-state index contributed by atoms with van der Waals surface area (Å²) in [5, 5.41) is 7.84. The van der Waals surface area contributed by atoms with Crippen LogP contribution in [0.3, 0.4) is 0 Å². The fourth-order valence-electron chi connectivity index (χ4n) is 1.70. The standard InChI is InChI=1S/C9H12N5O7P/c1-4-5-6(11-13(4)2)8(15)14(12-7(5)10)9(16)20-3-21-22(17,18)19/h3H2,1-2H3,(H2,10,12)(H2,17,18,19). The minimum Gasteiger partial charge on any atom is -0.420 e. The number of aryl methyl sites for hydroxylation is 2. The highest BCUT2D eigenvalue weighted by molar-refractivity contribution is 7.46. The molecule has 0 saturated carbocycles. The summed E-state index contributed by atoms with van der Waals surface area (Å²) in [4.78, 5) is 40.7. The van der Waals surface area contributed by atoms with Gasteiger partial charge < -0.3 is 20.3 Å². The molecule has 0 fully saturated rings. The minimum atomic E-state index is -4.80. The number of aromatic nitrogens is 4. The maximum atomic E-state index is 12.1. The minimum absolute atomic E-state index is 0.0830. The molecular formula is C9H12N5O7P. The van der Waals surface area contributed by atoms with E-state index in [4.69, 9.17) is 15.5 Å². The van der Waals surface area contributed by atoms with E-state index in [-0.39, 0.29) is 11.3 Å². The van der Waals surface area contributed by atoms with Crippen LogP contribution in [0.15, 0.2) is 4.79 Å². The van der Waals surface area contributed by atoms with Crippen molar-refractivity contribution in [2.45, 2.75) is 6.92 Å². The zero-order valence-corrected chi connectivity index (χ0v) is 12.4. The number of fused-ring (bicyclic) bond motifs is 1. The van der Waals surface area contributed by atoms with Crippen molar-refractivity contribution in [2.75, 3.05) is 12.5 Å². The van der Waals surface area contributed by atoms with Gasteiger partial charge in [-0.2, -0.15) is 5.10 Å². The van der Waals surface area contributed by atoms with Crippen molar-refractivity contribution >= 4 is 30.6 Å². The Bertz CT molecular complexity index is 850. The number of ether oxygens (including phenoxy) is 1. The number of carbonyl (C=O) groups is 1. The van der Waals surface area contributed by atoms with E-state index in [1.165, 1.54) is 4.68 Å². The zero-order valence-electron chi connectivity index (χ0n) is 11.5. The van der Waals surface area contributed by atoms with Crippen molar-refractivity contribution in [3.05, 3.63) is 16.0 Å². The van der Waals surface area contributed by atoms with Gasteiger partial charge in [0.15, 0.2) is 11.3 Å². The van der Waals surface area contributed by atoms with E-state index in [1.807, 2.05) is 0 Å². The average molecular weight is 333 g/mol. The van der Waals surface area contributed by atoms with Crippen LogP contribution in [0.4, 0.5) is 10.6 Å². The highest BCUT2D eigenvalue weighted by Crippen LogP contribution is 2.35. The van der Waals surface area contributed by atoms with Gasteiger partial charge in [-0.1, -0.05) is 0 Å². The van der Waals surface area contributed by atoms with Crippen LogP contribution in [0.25, 0.3) is 10.9 Å². The number of carbonyl (C=O) groups excluding carboxylic acids is 1. The third kappa shape index (κ3) is 2.99. The number of hydrogen-bond acceptors (Lipinski definition) is 8. The average Bonchev–Trinajstić information content (AvgIpc) is 2.69. The molecular weight excluding hydrogens is 321 g/mol. The van der Waals surface area contributed by atoms with E-state index >= 15 is 0 Å². The van der Waals surface area contributed by atoms with Gasteiger partial charge in [0, 0.05) is 12.7 Å². The van der Waals surface area contributed by atoms with Gasteiger partial charge in [0.25, 0.3) is 0 Å². The van der Waals surface area contributed by atoms with Crippen LogP contribution in [0.2, 0.25) is 0 Å². The Morgan fingerprint density at radius 1 is 1.41 bits per heavy atom. The Morgan fingerprint density at radius 2 is 2.05 bits per heavy atom. The summed E-state index contributed by atoms with van der Waals surface area (Å²) in [6.45, 7) is 0.611. The number of nitrogen functional groups attached to an aromatic ring is 1. The van der Waals surface area contributed by atoms with E-state index in [0.717, 1.165) is 0 Å². The lowest BCUT2D eigenvalue weighted by atomic mass is 10.2. The number of anilines is 1. The molecule has 2 rings (SSSR count). The maximum Gasteiger partial charge on any atom is 0.472 e. The van der Waals surface area contributed by atoms with Crippen molar-refractivity contribution in [3.63, 3.8) is 0 Å². The van der Waals surface area contributed by atoms with E-state index < -0.39 is 26.3 Å². The van der Waals surface area contributed by atoms with Gasteiger partial charge in [-0.3, -0.25) is 9.48 Å². The van der Waals surface area contributed by atoms with Crippen molar-refractivity contribution in [1.29, 1.82) is 0 Å². The molecule has 2 aromatic heterocycles. The number of phosphoric acid groups is 1. The number of phosphoric ester groups is 1. The molecule has 0 aromatic carbocycles. The third-order valence-corrected chi connectivity index (χ3v) is 3.21. The molecule has 0 spiro atoms. The monoisotopic (exact) mass is 333 g/mol. The van der Waals surface area contributed by atoms with Crippen LogP contribution in [0, 0.1) is 6.92 Å². The number of nitrogens with zero attached hydrogens (tertiary/aromatic N) is 4. The second kappa shape index (κ2) is 5.50. The molecule has 22 heavy (non-hydrogen) atoms. The van der Waals surface area contributed by atoms with Gasteiger partial charge in [-0.05, 0) is 6.92 Å². The molecule has 0 bridgehead atoms. The molecule has 2 aromatic rings. The smallest absolute Gasteiger partial charge is 0.420 e. The number of nitrogens with two attached hydrogens (primary N) is 1. The van der Waals surface area contributed by atoms with Crippen molar-refractivity contribution in [1.82, 2.24) is 19.6 Å². The maximum absolute atomic E-state index is 12.1. The van der Waals surface area contributed by atoms with Gasteiger partial charge in [-0.25, -0.2) is 13.9 Å². The summed E-state index contributed by atoms with van der Waals surface area (Å²) < 4.78 is 20.5. The first-order valence-corrected chi connectivity index (χ1v) is 7.24. The van der Waals surface area contributed by atoms with E-state index in [0.29, 0.717) is 15.8 Å². The zero-order chi connectivity index (χ0) is 16.7. The van der Waals surface area contributed by atoms with Crippen LogP contribution >= 0.6 is 7.82 Å². The van der Waals surface area contributed by atoms with Gasteiger partial charge in [0.2, 0.25) is 6.79 Å². The predicted octanol–water partition coefficient (Wildman–Crippen LogP) is -0.928. The lowest BCUT2D eigenvalue weighted by molar-refractivity contribution is 0.0385. The highest BCUT2D eigenvalue weighted by Gasteiger charge is 2.21. The largest absolute Gasteiger partial charge is 0.472 e. The van der Waals surface area contributed by atoms with Gasteiger partial charge in [0.1, 0.15) is 0 Å². The number of rotatable bonds is 3.